The van der Waals surface area contributed by atoms with Gasteiger partial charge in [0.2, 0.25) is 0 Å². The number of nitrogens with two attached hydrogens (primary N) is 1. The Balaban J connectivity index is 1.61. The van der Waals surface area contributed by atoms with Crippen LogP contribution in [0.25, 0.3) is 22.2 Å². The van der Waals surface area contributed by atoms with Crippen molar-refractivity contribution in [1.29, 1.82) is 0 Å². The summed E-state index contributed by atoms with van der Waals surface area (Å²) in [5.41, 5.74) is 3.88. The molecule has 28 heavy (non-hydrogen) atoms. The Morgan fingerprint density at radius 2 is 1.71 bits per heavy atom. The molecule has 7 heteroatoms. The number of aromatic amines is 1. The number of aryl methyl sites for hydroxylation is 2. The van der Waals surface area contributed by atoms with Gasteiger partial charge in [0, 0.05) is 12.5 Å². The lowest BCUT2D eigenvalue weighted by Gasteiger charge is -2.06. The van der Waals surface area contributed by atoms with Gasteiger partial charge in [0.25, 0.3) is 0 Å². The summed E-state index contributed by atoms with van der Waals surface area (Å²) in [7, 11) is -1.58. The third-order valence-electron chi connectivity index (χ3n) is 4.52. The molecule has 142 valence electrons. The number of nitrogens with zero attached hydrogens (tertiary/aromatic N) is 1. The molecule has 0 aliphatic rings. The topological polar surface area (TPSA) is 71.8 Å². The van der Waals surface area contributed by atoms with E-state index in [9.17, 15) is 13.0 Å². The van der Waals surface area contributed by atoms with E-state index in [1.807, 2.05) is 30.3 Å². The molecule has 1 atom stereocenters. The molecule has 3 N–H and O–H groups in total. The highest BCUT2D eigenvalue weighted by atomic mass is 32.2. The van der Waals surface area contributed by atoms with Gasteiger partial charge in [-0.1, -0.05) is 24.3 Å². The molecule has 0 fully saturated rings. The van der Waals surface area contributed by atoms with Gasteiger partial charge in [0.15, 0.2) is 0 Å². The van der Waals surface area contributed by atoms with Crippen molar-refractivity contribution in [2.24, 2.45) is 5.14 Å². The molecular weight excluding hydrogens is 380 g/mol. The SMILES string of the molecule is NS(=O)c1ccccc1-c1ccc2nc(CCc3cc(F)cc(F)c3)[nH]c2c1. The van der Waals surface area contributed by atoms with E-state index < -0.39 is 22.6 Å². The second kappa shape index (κ2) is 7.61. The first-order valence-electron chi connectivity index (χ1n) is 8.69. The second-order valence-corrected chi connectivity index (χ2v) is 7.52. The maximum absolute atomic E-state index is 13.3. The molecule has 0 aliphatic heterocycles. The van der Waals surface area contributed by atoms with Gasteiger partial charge >= 0.3 is 0 Å². The second-order valence-electron chi connectivity index (χ2n) is 6.49. The zero-order valence-electron chi connectivity index (χ0n) is 14.8. The molecule has 3 aromatic carbocycles. The molecule has 1 unspecified atom stereocenters. The average Bonchev–Trinajstić information content (AvgIpc) is 3.07. The Morgan fingerprint density at radius 1 is 0.964 bits per heavy atom. The summed E-state index contributed by atoms with van der Waals surface area (Å²) in [5.74, 6) is -0.437. The summed E-state index contributed by atoms with van der Waals surface area (Å²) in [6.07, 6.45) is 0.993. The summed E-state index contributed by atoms with van der Waals surface area (Å²) in [4.78, 5) is 8.35. The van der Waals surface area contributed by atoms with Crippen LogP contribution in [0.3, 0.4) is 0 Å². The monoisotopic (exact) mass is 397 g/mol. The highest BCUT2D eigenvalue weighted by molar-refractivity contribution is 7.82. The Labute approximate surface area is 163 Å². The van der Waals surface area contributed by atoms with Crippen molar-refractivity contribution in [3.05, 3.63) is 83.7 Å². The number of halogens is 2. The lowest BCUT2D eigenvalue weighted by Crippen LogP contribution is -2.04. The zero-order valence-corrected chi connectivity index (χ0v) is 15.6. The van der Waals surface area contributed by atoms with Crippen molar-refractivity contribution < 1.29 is 13.0 Å². The minimum atomic E-state index is -1.58. The van der Waals surface area contributed by atoms with Gasteiger partial charge in [-0.3, -0.25) is 0 Å². The van der Waals surface area contributed by atoms with Crippen LogP contribution >= 0.6 is 0 Å². The fraction of sp³-hybridized carbons (Fsp3) is 0.0952. The molecule has 1 aromatic heterocycles. The van der Waals surface area contributed by atoms with Crippen LogP contribution < -0.4 is 5.14 Å². The summed E-state index contributed by atoms with van der Waals surface area (Å²) >= 11 is 0. The fourth-order valence-electron chi connectivity index (χ4n) is 3.25. The van der Waals surface area contributed by atoms with Gasteiger partial charge in [-0.15, -0.1) is 0 Å². The first-order chi connectivity index (χ1) is 13.5. The van der Waals surface area contributed by atoms with E-state index in [0.717, 1.165) is 34.1 Å². The molecule has 0 spiro atoms. The van der Waals surface area contributed by atoms with Crippen molar-refractivity contribution in [2.45, 2.75) is 17.7 Å². The normalized spacial score (nSPS) is 12.4. The summed E-state index contributed by atoms with van der Waals surface area (Å²) in [6.45, 7) is 0. The molecule has 4 aromatic rings. The van der Waals surface area contributed by atoms with Crippen LogP contribution in [0.5, 0.6) is 0 Å². The van der Waals surface area contributed by atoms with Crippen LogP contribution in [-0.2, 0) is 23.8 Å². The lowest BCUT2D eigenvalue weighted by molar-refractivity contribution is 0.579. The summed E-state index contributed by atoms with van der Waals surface area (Å²) in [5, 5.41) is 5.58. The van der Waals surface area contributed by atoms with Gasteiger partial charge in [-0.05, 0) is 53.4 Å². The largest absolute Gasteiger partial charge is 0.342 e. The van der Waals surface area contributed by atoms with Crippen LogP contribution in [0.2, 0.25) is 0 Å². The molecule has 0 radical (unpaired) electrons. The molecule has 0 aliphatic carbocycles. The van der Waals surface area contributed by atoms with E-state index in [4.69, 9.17) is 5.14 Å². The van der Waals surface area contributed by atoms with Gasteiger partial charge in [-0.2, -0.15) is 0 Å². The Bertz CT molecular complexity index is 1170. The molecule has 0 saturated carbocycles. The maximum atomic E-state index is 13.3. The third-order valence-corrected chi connectivity index (χ3v) is 5.31. The van der Waals surface area contributed by atoms with Gasteiger partial charge in [0.1, 0.15) is 28.4 Å². The first-order valence-corrected chi connectivity index (χ1v) is 9.90. The number of nitrogens with one attached hydrogen (secondary N) is 1. The zero-order chi connectivity index (χ0) is 19.7. The van der Waals surface area contributed by atoms with E-state index in [2.05, 4.69) is 9.97 Å². The summed E-state index contributed by atoms with van der Waals surface area (Å²) in [6, 6.07) is 16.5. The molecule has 0 bridgehead atoms. The third kappa shape index (κ3) is 3.85. The minimum Gasteiger partial charge on any atom is -0.342 e. The number of fused-ring (bicyclic) bond motifs is 1. The van der Waals surface area contributed by atoms with Crippen LogP contribution in [0.4, 0.5) is 8.78 Å². The Hall–Kier alpha value is -2.90. The highest BCUT2D eigenvalue weighted by Gasteiger charge is 2.11. The van der Waals surface area contributed by atoms with Crippen molar-refractivity contribution in [3.8, 4) is 11.1 Å². The molecule has 4 nitrogen and oxygen atoms in total. The van der Waals surface area contributed by atoms with Crippen molar-refractivity contribution in [3.63, 3.8) is 0 Å². The predicted molar refractivity (Wildman–Crippen MR) is 106 cm³/mol. The molecule has 4 rings (SSSR count). The average molecular weight is 397 g/mol. The maximum Gasteiger partial charge on any atom is 0.126 e. The number of benzene rings is 3. The van der Waals surface area contributed by atoms with E-state index in [-0.39, 0.29) is 0 Å². The summed E-state index contributed by atoms with van der Waals surface area (Å²) < 4.78 is 38.4. The number of rotatable bonds is 5. The number of imidazole rings is 1. The van der Waals surface area contributed by atoms with Gasteiger partial charge in [-0.25, -0.2) is 23.1 Å². The van der Waals surface area contributed by atoms with Crippen LogP contribution in [0, 0.1) is 11.6 Å². The molecule has 0 saturated heterocycles. The van der Waals surface area contributed by atoms with E-state index in [0.29, 0.717) is 23.3 Å². The van der Waals surface area contributed by atoms with Crippen LogP contribution in [0.15, 0.2) is 65.6 Å². The van der Waals surface area contributed by atoms with Crippen LogP contribution in [0.1, 0.15) is 11.4 Å². The Kier molecular flexibility index (Phi) is 5.02. The standard InChI is InChI=1S/C21H17F2N3OS/c22-15-9-13(10-16(23)12-15)5-8-21-25-18-7-6-14(11-19(18)26-21)17-3-1-2-4-20(17)28(24)27/h1-4,6-7,9-12H,5,8,24H2,(H,25,26). The van der Waals surface area contributed by atoms with Crippen molar-refractivity contribution >= 4 is 22.0 Å². The quantitative estimate of drug-likeness (QED) is 0.528. The van der Waals surface area contributed by atoms with Gasteiger partial charge in [0.05, 0.1) is 15.9 Å². The number of hydrogen-bond donors (Lipinski definition) is 2. The minimum absolute atomic E-state index is 0.469. The van der Waals surface area contributed by atoms with E-state index >= 15 is 0 Å². The molecule has 1 heterocycles. The fourth-order valence-corrected chi connectivity index (χ4v) is 3.86. The number of hydrogen-bond acceptors (Lipinski definition) is 2. The Morgan fingerprint density at radius 3 is 2.46 bits per heavy atom. The van der Waals surface area contributed by atoms with E-state index in [1.165, 1.54) is 12.1 Å². The number of H-pyrrole nitrogens is 1. The van der Waals surface area contributed by atoms with Crippen LogP contribution in [-0.4, -0.2) is 14.2 Å². The van der Waals surface area contributed by atoms with E-state index in [1.54, 1.807) is 12.1 Å². The van der Waals surface area contributed by atoms with Gasteiger partial charge < -0.3 is 4.98 Å². The first kappa shape index (κ1) is 18.5. The molecular formula is C21H17F2N3OS. The lowest BCUT2D eigenvalue weighted by atomic mass is 10.1. The predicted octanol–water partition coefficient (Wildman–Crippen LogP) is 4.27. The number of aromatic nitrogens is 2. The highest BCUT2D eigenvalue weighted by Crippen LogP contribution is 2.28. The van der Waals surface area contributed by atoms with Crippen molar-refractivity contribution in [1.82, 2.24) is 9.97 Å². The molecule has 0 amide bonds. The van der Waals surface area contributed by atoms with Crippen molar-refractivity contribution in [2.75, 3.05) is 0 Å². The smallest absolute Gasteiger partial charge is 0.126 e.